The number of carbonyl (C=O) groups is 1. The van der Waals surface area contributed by atoms with Crippen LogP contribution < -0.4 is 11.1 Å². The van der Waals surface area contributed by atoms with Crippen LogP contribution in [0.3, 0.4) is 0 Å². The lowest BCUT2D eigenvalue weighted by molar-refractivity contribution is -0.127. The van der Waals surface area contributed by atoms with Crippen molar-refractivity contribution in [2.75, 3.05) is 13.6 Å². The second-order valence-electron chi connectivity index (χ2n) is 5.63. The first-order valence-electron chi connectivity index (χ1n) is 6.28. The largest absolute Gasteiger partial charge is 0.409 e. The molecule has 1 aliphatic heterocycles. The van der Waals surface area contributed by atoms with Crippen LogP contribution in [0.2, 0.25) is 0 Å². The molecule has 1 aliphatic rings. The quantitative estimate of drug-likeness (QED) is 0.294. The Morgan fingerprint density at radius 2 is 2.17 bits per heavy atom. The third-order valence-electron chi connectivity index (χ3n) is 3.86. The SMILES string of the molecule is CC1CC(NC(=O)C(C)(C)C(N)=NO)CCN1C. The topological polar surface area (TPSA) is 91.0 Å². The van der Waals surface area contributed by atoms with Crippen molar-refractivity contribution in [3.8, 4) is 0 Å². The maximum atomic E-state index is 12.1. The van der Waals surface area contributed by atoms with Gasteiger partial charge in [-0.3, -0.25) is 4.79 Å². The number of likely N-dealkylation sites (tertiary alicyclic amines) is 1. The molecule has 18 heavy (non-hydrogen) atoms. The van der Waals surface area contributed by atoms with Gasteiger partial charge in [-0.15, -0.1) is 0 Å². The first-order valence-corrected chi connectivity index (χ1v) is 6.28. The number of nitrogens with two attached hydrogens (primary N) is 1. The summed E-state index contributed by atoms with van der Waals surface area (Å²) in [5.74, 6) is -0.263. The van der Waals surface area contributed by atoms with Crippen molar-refractivity contribution in [1.29, 1.82) is 0 Å². The number of amides is 1. The van der Waals surface area contributed by atoms with Crippen molar-refractivity contribution >= 4 is 11.7 Å². The van der Waals surface area contributed by atoms with Gasteiger partial charge in [0.2, 0.25) is 5.91 Å². The lowest BCUT2D eigenvalue weighted by Crippen LogP contribution is -2.53. The minimum absolute atomic E-state index is 0.0685. The molecule has 104 valence electrons. The van der Waals surface area contributed by atoms with Crippen molar-refractivity contribution in [2.24, 2.45) is 16.3 Å². The van der Waals surface area contributed by atoms with E-state index in [0.717, 1.165) is 19.4 Å². The van der Waals surface area contributed by atoms with E-state index in [2.05, 4.69) is 29.3 Å². The van der Waals surface area contributed by atoms with Gasteiger partial charge in [0.05, 0.1) is 0 Å². The summed E-state index contributed by atoms with van der Waals surface area (Å²) in [6.07, 6.45) is 1.85. The molecule has 1 fully saturated rings. The van der Waals surface area contributed by atoms with Gasteiger partial charge in [0.25, 0.3) is 0 Å². The summed E-state index contributed by atoms with van der Waals surface area (Å²) in [5, 5.41) is 14.6. The standard InChI is InChI=1S/C12H24N4O2/c1-8-7-9(5-6-16(8)4)14-11(17)12(2,3)10(13)15-18/h8-9,18H,5-7H2,1-4H3,(H2,13,15)(H,14,17). The summed E-state index contributed by atoms with van der Waals surface area (Å²) >= 11 is 0. The van der Waals surface area contributed by atoms with E-state index in [9.17, 15) is 4.79 Å². The molecule has 0 bridgehead atoms. The van der Waals surface area contributed by atoms with Crippen molar-refractivity contribution in [3.63, 3.8) is 0 Å². The number of nitrogens with zero attached hydrogens (tertiary/aromatic N) is 2. The molecule has 0 spiro atoms. The van der Waals surface area contributed by atoms with Crippen LogP contribution in [0.4, 0.5) is 0 Å². The summed E-state index contributed by atoms with van der Waals surface area (Å²) in [5.41, 5.74) is 4.55. The first-order chi connectivity index (χ1) is 8.28. The number of oxime groups is 1. The number of amidine groups is 1. The zero-order chi connectivity index (χ0) is 13.9. The molecule has 0 aromatic heterocycles. The highest BCUT2D eigenvalue weighted by Crippen LogP contribution is 2.19. The summed E-state index contributed by atoms with van der Waals surface area (Å²) in [6, 6.07) is 0.616. The summed E-state index contributed by atoms with van der Waals surface area (Å²) < 4.78 is 0. The highest BCUT2D eigenvalue weighted by molar-refractivity contribution is 6.05. The zero-order valence-corrected chi connectivity index (χ0v) is 11.6. The second-order valence-corrected chi connectivity index (χ2v) is 5.63. The molecule has 6 nitrogen and oxygen atoms in total. The fourth-order valence-corrected chi connectivity index (χ4v) is 2.03. The molecule has 0 radical (unpaired) electrons. The van der Waals surface area contributed by atoms with Gasteiger partial charge in [0.1, 0.15) is 5.41 Å². The van der Waals surface area contributed by atoms with Crippen LogP contribution in [-0.4, -0.2) is 47.5 Å². The van der Waals surface area contributed by atoms with Crippen LogP contribution in [0, 0.1) is 5.41 Å². The minimum Gasteiger partial charge on any atom is -0.409 e. The van der Waals surface area contributed by atoms with Crippen molar-refractivity contribution in [1.82, 2.24) is 10.2 Å². The van der Waals surface area contributed by atoms with Gasteiger partial charge in [-0.1, -0.05) is 5.16 Å². The molecule has 6 heteroatoms. The van der Waals surface area contributed by atoms with Crippen LogP contribution in [0.15, 0.2) is 5.16 Å². The van der Waals surface area contributed by atoms with Crippen molar-refractivity contribution in [3.05, 3.63) is 0 Å². The van der Waals surface area contributed by atoms with E-state index >= 15 is 0 Å². The predicted octanol–water partition coefficient (Wildman–Crippen LogP) is 0.358. The van der Waals surface area contributed by atoms with Crippen LogP contribution in [0.1, 0.15) is 33.6 Å². The number of rotatable bonds is 3. The number of hydrogen-bond acceptors (Lipinski definition) is 4. The van der Waals surface area contributed by atoms with Gasteiger partial charge in [-0.05, 0) is 40.7 Å². The number of nitrogens with one attached hydrogen (secondary N) is 1. The van der Waals surface area contributed by atoms with Crippen molar-refractivity contribution < 1.29 is 10.0 Å². The molecular weight excluding hydrogens is 232 g/mol. The van der Waals surface area contributed by atoms with Crippen LogP contribution in [0.25, 0.3) is 0 Å². The fraction of sp³-hybridized carbons (Fsp3) is 0.833. The molecule has 2 unspecified atom stereocenters. The fourth-order valence-electron chi connectivity index (χ4n) is 2.03. The van der Waals surface area contributed by atoms with E-state index in [1.807, 2.05) is 0 Å². The normalized spacial score (nSPS) is 27.0. The molecule has 0 aromatic carbocycles. The lowest BCUT2D eigenvalue weighted by atomic mass is 9.89. The highest BCUT2D eigenvalue weighted by atomic mass is 16.4. The molecule has 4 N–H and O–H groups in total. The minimum atomic E-state index is -0.985. The van der Waals surface area contributed by atoms with Gasteiger partial charge in [0.15, 0.2) is 5.84 Å². The van der Waals surface area contributed by atoms with Gasteiger partial charge >= 0.3 is 0 Å². The van der Waals surface area contributed by atoms with E-state index in [4.69, 9.17) is 10.9 Å². The summed E-state index contributed by atoms with van der Waals surface area (Å²) in [6.45, 7) is 6.41. The Morgan fingerprint density at radius 3 is 2.67 bits per heavy atom. The van der Waals surface area contributed by atoms with Crippen LogP contribution >= 0.6 is 0 Å². The highest BCUT2D eigenvalue weighted by Gasteiger charge is 2.35. The van der Waals surface area contributed by atoms with E-state index < -0.39 is 5.41 Å². The predicted molar refractivity (Wildman–Crippen MR) is 70.4 cm³/mol. The number of piperidine rings is 1. The smallest absolute Gasteiger partial charge is 0.233 e. The third-order valence-corrected chi connectivity index (χ3v) is 3.86. The van der Waals surface area contributed by atoms with E-state index in [1.165, 1.54) is 0 Å². The Hall–Kier alpha value is -1.30. The molecule has 1 amide bonds. The monoisotopic (exact) mass is 256 g/mol. The Kier molecular flexibility index (Phi) is 4.56. The molecule has 2 atom stereocenters. The van der Waals surface area contributed by atoms with E-state index in [0.29, 0.717) is 6.04 Å². The maximum Gasteiger partial charge on any atom is 0.233 e. The first kappa shape index (κ1) is 14.8. The Morgan fingerprint density at radius 1 is 1.56 bits per heavy atom. The number of hydrogen-bond donors (Lipinski definition) is 3. The van der Waals surface area contributed by atoms with Crippen molar-refractivity contribution in [2.45, 2.75) is 45.7 Å². The second kappa shape index (κ2) is 5.56. The van der Waals surface area contributed by atoms with E-state index in [-0.39, 0.29) is 17.8 Å². The van der Waals surface area contributed by atoms with Crippen LogP contribution in [-0.2, 0) is 4.79 Å². The van der Waals surface area contributed by atoms with Crippen LogP contribution in [0.5, 0.6) is 0 Å². The summed E-state index contributed by atoms with van der Waals surface area (Å²) in [7, 11) is 2.09. The molecule has 0 saturated carbocycles. The zero-order valence-electron chi connectivity index (χ0n) is 11.6. The van der Waals surface area contributed by atoms with Gasteiger partial charge in [-0.2, -0.15) is 0 Å². The van der Waals surface area contributed by atoms with Gasteiger partial charge in [0, 0.05) is 18.6 Å². The molecule has 1 heterocycles. The molecule has 1 saturated heterocycles. The van der Waals surface area contributed by atoms with Gasteiger partial charge < -0.3 is 21.2 Å². The molecule has 0 aliphatic carbocycles. The third kappa shape index (κ3) is 3.13. The Labute approximate surface area is 108 Å². The van der Waals surface area contributed by atoms with Gasteiger partial charge in [-0.25, -0.2) is 0 Å². The molecular formula is C12H24N4O2. The lowest BCUT2D eigenvalue weighted by Gasteiger charge is -2.36. The van der Waals surface area contributed by atoms with E-state index in [1.54, 1.807) is 13.8 Å². The average Bonchev–Trinajstić information content (AvgIpc) is 2.32. The maximum absolute atomic E-state index is 12.1. The summed E-state index contributed by atoms with van der Waals surface area (Å²) in [4.78, 5) is 14.4. The molecule has 1 rings (SSSR count). The Balaban J connectivity index is 2.60. The average molecular weight is 256 g/mol. The Bertz CT molecular complexity index is 341. The molecule has 0 aromatic rings. The number of carbonyl (C=O) groups excluding carboxylic acids is 1.